The van der Waals surface area contributed by atoms with Crippen LogP contribution in [0.4, 0.5) is 0 Å². The average molecular weight is 377 g/mol. The molecule has 0 unspecified atom stereocenters. The number of ether oxygens (including phenoxy) is 3. The number of hydrogen-bond acceptors (Lipinski definition) is 6. The van der Waals surface area contributed by atoms with Gasteiger partial charge in [-0.05, 0) is 45.0 Å². The van der Waals surface area contributed by atoms with E-state index in [2.05, 4.69) is 5.32 Å². The Kier molecular flexibility index (Phi) is 7.10. The standard InChI is InChI=1S/C19H23NO7/c1-4-24-15-9-12(10-16(25-5-2)17(15)26-6-3)18(21)20-11-13-7-8-14(27-13)19(22)23/h7-10H,4-6,11H2,1-3H3,(H,20,21)(H,22,23). The van der Waals surface area contributed by atoms with E-state index < -0.39 is 5.97 Å². The number of aromatic carboxylic acids is 1. The fourth-order valence-corrected chi connectivity index (χ4v) is 2.38. The molecule has 2 N–H and O–H groups in total. The van der Waals surface area contributed by atoms with Gasteiger partial charge in [0.1, 0.15) is 5.76 Å². The number of furan rings is 1. The molecule has 0 aliphatic carbocycles. The molecule has 2 aromatic rings. The molecule has 0 aliphatic rings. The summed E-state index contributed by atoms with van der Waals surface area (Å²) < 4.78 is 21.9. The minimum Gasteiger partial charge on any atom is -0.490 e. The molecule has 0 fully saturated rings. The second-order valence-corrected chi connectivity index (χ2v) is 5.35. The lowest BCUT2D eigenvalue weighted by Crippen LogP contribution is -2.22. The van der Waals surface area contributed by atoms with E-state index in [1.54, 1.807) is 12.1 Å². The van der Waals surface area contributed by atoms with Crippen molar-refractivity contribution in [3.05, 3.63) is 41.3 Å². The summed E-state index contributed by atoms with van der Waals surface area (Å²) in [6, 6.07) is 5.99. The van der Waals surface area contributed by atoms with Crippen LogP contribution in [-0.4, -0.2) is 36.8 Å². The molecule has 0 bridgehead atoms. The second-order valence-electron chi connectivity index (χ2n) is 5.35. The highest BCUT2D eigenvalue weighted by molar-refractivity contribution is 5.95. The van der Waals surface area contributed by atoms with Crippen molar-refractivity contribution in [3.63, 3.8) is 0 Å². The summed E-state index contributed by atoms with van der Waals surface area (Å²) >= 11 is 0. The highest BCUT2D eigenvalue weighted by Gasteiger charge is 2.18. The maximum atomic E-state index is 12.5. The smallest absolute Gasteiger partial charge is 0.371 e. The van der Waals surface area contributed by atoms with Crippen molar-refractivity contribution in [3.8, 4) is 17.2 Å². The van der Waals surface area contributed by atoms with Gasteiger partial charge in [0.15, 0.2) is 11.5 Å². The summed E-state index contributed by atoms with van der Waals surface area (Å²) in [4.78, 5) is 23.4. The highest BCUT2D eigenvalue weighted by Crippen LogP contribution is 2.39. The predicted octanol–water partition coefficient (Wildman–Crippen LogP) is 3.10. The largest absolute Gasteiger partial charge is 0.490 e. The van der Waals surface area contributed by atoms with Crippen LogP contribution in [0.5, 0.6) is 17.2 Å². The minimum absolute atomic E-state index is 0.0489. The Morgan fingerprint density at radius 2 is 1.59 bits per heavy atom. The third-order valence-electron chi connectivity index (χ3n) is 3.47. The van der Waals surface area contributed by atoms with Gasteiger partial charge in [0, 0.05) is 5.56 Å². The third-order valence-corrected chi connectivity index (χ3v) is 3.47. The molecule has 0 radical (unpaired) electrons. The normalized spacial score (nSPS) is 10.3. The molecule has 27 heavy (non-hydrogen) atoms. The van der Waals surface area contributed by atoms with Crippen LogP contribution in [-0.2, 0) is 6.54 Å². The molecule has 0 saturated carbocycles. The molecular weight excluding hydrogens is 354 g/mol. The lowest BCUT2D eigenvalue weighted by Gasteiger charge is -2.17. The van der Waals surface area contributed by atoms with E-state index >= 15 is 0 Å². The zero-order chi connectivity index (χ0) is 19.8. The Bertz CT molecular complexity index is 770. The number of carboxylic acid groups (broad SMARTS) is 1. The van der Waals surface area contributed by atoms with Crippen LogP contribution in [0.25, 0.3) is 0 Å². The van der Waals surface area contributed by atoms with Crippen molar-refractivity contribution in [2.75, 3.05) is 19.8 Å². The zero-order valence-electron chi connectivity index (χ0n) is 15.5. The Labute approximate surface area is 157 Å². The molecule has 0 atom stereocenters. The molecule has 1 aromatic carbocycles. The van der Waals surface area contributed by atoms with Crippen LogP contribution in [0.2, 0.25) is 0 Å². The SMILES string of the molecule is CCOc1cc(C(=O)NCc2ccc(C(=O)O)o2)cc(OCC)c1OCC. The van der Waals surface area contributed by atoms with Gasteiger partial charge in [0.05, 0.1) is 26.4 Å². The predicted molar refractivity (Wildman–Crippen MR) is 96.8 cm³/mol. The lowest BCUT2D eigenvalue weighted by molar-refractivity contribution is 0.0660. The number of nitrogens with one attached hydrogen (secondary N) is 1. The summed E-state index contributed by atoms with van der Waals surface area (Å²) in [6.45, 7) is 6.80. The highest BCUT2D eigenvalue weighted by atomic mass is 16.5. The maximum absolute atomic E-state index is 12.5. The molecule has 1 amide bonds. The van der Waals surface area contributed by atoms with Crippen molar-refractivity contribution in [1.82, 2.24) is 5.32 Å². The summed E-state index contributed by atoms with van der Waals surface area (Å²) in [5.74, 6) is -0.104. The maximum Gasteiger partial charge on any atom is 0.371 e. The first kappa shape index (κ1) is 20.2. The van der Waals surface area contributed by atoms with Gasteiger partial charge < -0.3 is 29.1 Å². The number of carbonyl (C=O) groups excluding carboxylic acids is 1. The quantitative estimate of drug-likeness (QED) is 0.655. The number of carboxylic acids is 1. The Morgan fingerprint density at radius 1 is 1.00 bits per heavy atom. The fraction of sp³-hybridized carbons (Fsp3) is 0.368. The molecule has 0 saturated heterocycles. The van der Waals surface area contributed by atoms with Gasteiger partial charge in [0.25, 0.3) is 5.91 Å². The van der Waals surface area contributed by atoms with Crippen molar-refractivity contribution in [2.24, 2.45) is 0 Å². The first-order chi connectivity index (χ1) is 13.0. The average Bonchev–Trinajstić information content (AvgIpc) is 3.12. The van der Waals surface area contributed by atoms with Gasteiger partial charge in [-0.25, -0.2) is 4.79 Å². The molecule has 146 valence electrons. The Balaban J connectivity index is 2.21. The lowest BCUT2D eigenvalue weighted by atomic mass is 10.1. The van der Waals surface area contributed by atoms with Crippen molar-refractivity contribution in [1.29, 1.82) is 0 Å². The molecule has 1 heterocycles. The topological polar surface area (TPSA) is 107 Å². The van der Waals surface area contributed by atoms with E-state index in [-0.39, 0.29) is 18.2 Å². The summed E-state index contributed by atoms with van der Waals surface area (Å²) in [5, 5.41) is 11.5. The zero-order valence-corrected chi connectivity index (χ0v) is 15.5. The van der Waals surface area contributed by atoms with Crippen LogP contribution in [0.3, 0.4) is 0 Å². The first-order valence-corrected chi connectivity index (χ1v) is 8.66. The number of benzene rings is 1. The van der Waals surface area contributed by atoms with Crippen LogP contribution < -0.4 is 19.5 Å². The van der Waals surface area contributed by atoms with Crippen LogP contribution in [0.15, 0.2) is 28.7 Å². The van der Waals surface area contributed by atoms with Crippen LogP contribution in [0.1, 0.15) is 47.4 Å². The van der Waals surface area contributed by atoms with Crippen molar-refractivity contribution >= 4 is 11.9 Å². The summed E-state index contributed by atoms with van der Waals surface area (Å²) in [5.41, 5.74) is 0.329. The minimum atomic E-state index is -1.16. The van der Waals surface area contributed by atoms with E-state index in [0.29, 0.717) is 48.4 Å². The Morgan fingerprint density at radius 3 is 2.07 bits per heavy atom. The van der Waals surface area contributed by atoms with E-state index in [1.807, 2.05) is 20.8 Å². The number of amides is 1. The van der Waals surface area contributed by atoms with Gasteiger partial charge in [-0.1, -0.05) is 0 Å². The van der Waals surface area contributed by atoms with Crippen LogP contribution in [0, 0.1) is 0 Å². The number of rotatable bonds is 10. The first-order valence-electron chi connectivity index (χ1n) is 8.66. The van der Waals surface area contributed by atoms with Crippen molar-refractivity contribution in [2.45, 2.75) is 27.3 Å². The van der Waals surface area contributed by atoms with Gasteiger partial charge >= 0.3 is 5.97 Å². The molecule has 8 heteroatoms. The molecule has 2 rings (SSSR count). The molecule has 0 spiro atoms. The van der Waals surface area contributed by atoms with E-state index in [0.717, 1.165) is 0 Å². The van der Waals surface area contributed by atoms with Gasteiger partial charge in [-0.2, -0.15) is 0 Å². The molecule has 0 aliphatic heterocycles. The summed E-state index contributed by atoms with van der Waals surface area (Å²) in [7, 11) is 0. The van der Waals surface area contributed by atoms with Gasteiger partial charge in [-0.3, -0.25) is 4.79 Å². The number of hydrogen-bond donors (Lipinski definition) is 2. The molecule has 1 aromatic heterocycles. The van der Waals surface area contributed by atoms with E-state index in [4.69, 9.17) is 23.7 Å². The number of carbonyl (C=O) groups is 2. The van der Waals surface area contributed by atoms with E-state index in [9.17, 15) is 9.59 Å². The molecular formula is C19H23NO7. The third kappa shape index (κ3) is 5.16. The molecule has 8 nitrogen and oxygen atoms in total. The van der Waals surface area contributed by atoms with Crippen molar-refractivity contribution < 1.29 is 33.3 Å². The van der Waals surface area contributed by atoms with Crippen LogP contribution >= 0.6 is 0 Å². The van der Waals surface area contributed by atoms with Gasteiger partial charge in [0.2, 0.25) is 11.5 Å². The Hall–Kier alpha value is -3.16. The van der Waals surface area contributed by atoms with E-state index in [1.165, 1.54) is 12.1 Å². The monoisotopic (exact) mass is 377 g/mol. The fourth-order valence-electron chi connectivity index (χ4n) is 2.38. The second kappa shape index (κ2) is 9.51. The van der Waals surface area contributed by atoms with Gasteiger partial charge in [-0.15, -0.1) is 0 Å². The summed E-state index contributed by atoms with van der Waals surface area (Å²) in [6.07, 6.45) is 0.